The second-order valence-electron chi connectivity index (χ2n) is 4.73. The summed E-state index contributed by atoms with van der Waals surface area (Å²) >= 11 is 1.41. The summed E-state index contributed by atoms with van der Waals surface area (Å²) in [5.41, 5.74) is 0.144. The summed E-state index contributed by atoms with van der Waals surface area (Å²) in [6.07, 6.45) is 0. The molecule has 1 aliphatic rings. The molecule has 0 aromatic carbocycles. The molecule has 0 radical (unpaired) electrons. The van der Waals surface area contributed by atoms with Gasteiger partial charge in [-0.2, -0.15) is 0 Å². The maximum Gasteiger partial charge on any atom is 0.355 e. The fourth-order valence-corrected chi connectivity index (χ4v) is 3.11. The van der Waals surface area contributed by atoms with E-state index in [1.807, 2.05) is 0 Å². The van der Waals surface area contributed by atoms with E-state index in [1.165, 1.54) is 11.3 Å². The third-order valence-corrected chi connectivity index (χ3v) is 4.12. The van der Waals surface area contributed by atoms with Gasteiger partial charge in [-0.15, -0.1) is 11.3 Å². The lowest BCUT2D eigenvalue weighted by atomic mass is 10.1. The highest BCUT2D eigenvalue weighted by atomic mass is 32.1. The predicted octanol–water partition coefficient (Wildman–Crippen LogP) is 1.23. The Morgan fingerprint density at radius 2 is 2.29 bits per heavy atom. The van der Waals surface area contributed by atoms with Gasteiger partial charge in [0.1, 0.15) is 0 Å². The molecule has 1 fully saturated rings. The molecule has 1 aromatic heterocycles. The normalized spacial score (nSPS) is 24.6. The van der Waals surface area contributed by atoms with Crippen LogP contribution in [0.4, 0.5) is 5.13 Å². The van der Waals surface area contributed by atoms with E-state index in [4.69, 9.17) is 5.11 Å². The van der Waals surface area contributed by atoms with Gasteiger partial charge in [0, 0.05) is 24.5 Å². The van der Waals surface area contributed by atoms with Gasteiger partial charge in [-0.1, -0.05) is 6.92 Å². The Hall–Kier alpha value is -1.14. The highest BCUT2D eigenvalue weighted by molar-refractivity contribution is 7.13. The molecule has 1 saturated heterocycles. The molecule has 1 aliphatic heterocycles. The molecule has 0 aliphatic carbocycles. The van der Waals surface area contributed by atoms with E-state index in [1.54, 1.807) is 5.38 Å². The number of hydrogen-bond acceptors (Lipinski definition) is 5. The lowest BCUT2D eigenvalue weighted by Crippen LogP contribution is -2.34. The molecule has 2 atom stereocenters. The molecule has 1 N–H and O–H groups in total. The van der Waals surface area contributed by atoms with E-state index in [-0.39, 0.29) is 5.69 Å². The first kappa shape index (κ1) is 12.3. The Bertz CT molecular complexity index is 419. The van der Waals surface area contributed by atoms with Gasteiger partial charge in [-0.25, -0.2) is 9.78 Å². The third kappa shape index (κ3) is 2.42. The first-order valence-corrected chi connectivity index (χ1v) is 6.47. The minimum atomic E-state index is -0.955. The van der Waals surface area contributed by atoms with Crippen LogP contribution in [-0.4, -0.2) is 54.2 Å². The fraction of sp³-hybridized carbons (Fsp3) is 0.636. The summed E-state index contributed by atoms with van der Waals surface area (Å²) in [5.74, 6) is -0.383. The molecule has 6 heteroatoms. The SMILES string of the molecule is CC1CN(c2nc(C(=O)O)cs2)CC1N(C)C. The largest absolute Gasteiger partial charge is 0.476 e. The van der Waals surface area contributed by atoms with E-state index in [9.17, 15) is 4.79 Å². The van der Waals surface area contributed by atoms with Crippen LogP contribution >= 0.6 is 11.3 Å². The summed E-state index contributed by atoms with van der Waals surface area (Å²) in [6, 6.07) is 0.507. The lowest BCUT2D eigenvalue weighted by molar-refractivity contribution is 0.0691. The minimum absolute atomic E-state index is 0.144. The van der Waals surface area contributed by atoms with Crippen molar-refractivity contribution in [2.45, 2.75) is 13.0 Å². The first-order valence-electron chi connectivity index (χ1n) is 5.59. The minimum Gasteiger partial charge on any atom is -0.476 e. The molecule has 94 valence electrons. The predicted molar refractivity (Wildman–Crippen MR) is 67.9 cm³/mol. The number of likely N-dealkylation sites (N-methyl/N-ethyl adjacent to an activating group) is 1. The number of nitrogens with zero attached hydrogens (tertiary/aromatic N) is 3. The van der Waals surface area contributed by atoms with Crippen LogP contribution in [0.2, 0.25) is 0 Å². The number of carboxylic acid groups (broad SMARTS) is 1. The standard InChI is InChI=1S/C11H17N3O2S/c1-7-4-14(5-9(7)13(2)3)11-12-8(6-17-11)10(15)16/h6-7,9H,4-5H2,1-3H3,(H,15,16). The number of carboxylic acids is 1. The molecule has 2 heterocycles. The van der Waals surface area contributed by atoms with E-state index >= 15 is 0 Å². The van der Waals surface area contributed by atoms with E-state index in [0.717, 1.165) is 18.2 Å². The van der Waals surface area contributed by atoms with Gasteiger partial charge < -0.3 is 14.9 Å². The average Bonchev–Trinajstić information content (AvgIpc) is 2.82. The molecule has 0 saturated carbocycles. The van der Waals surface area contributed by atoms with Crippen LogP contribution in [0.3, 0.4) is 0 Å². The van der Waals surface area contributed by atoms with Crippen molar-refractivity contribution >= 4 is 22.4 Å². The van der Waals surface area contributed by atoms with Gasteiger partial charge in [0.25, 0.3) is 0 Å². The highest BCUT2D eigenvalue weighted by Crippen LogP contribution is 2.28. The molecular formula is C11H17N3O2S. The van der Waals surface area contributed by atoms with Crippen molar-refractivity contribution in [2.75, 3.05) is 32.1 Å². The van der Waals surface area contributed by atoms with Crippen molar-refractivity contribution in [2.24, 2.45) is 5.92 Å². The van der Waals surface area contributed by atoms with Gasteiger partial charge in [-0.3, -0.25) is 0 Å². The number of hydrogen-bond donors (Lipinski definition) is 1. The molecule has 2 rings (SSSR count). The molecule has 2 unspecified atom stereocenters. The molecular weight excluding hydrogens is 238 g/mol. The monoisotopic (exact) mass is 255 g/mol. The maximum absolute atomic E-state index is 10.8. The Labute approximate surface area is 105 Å². The van der Waals surface area contributed by atoms with Gasteiger partial charge in [-0.05, 0) is 20.0 Å². The lowest BCUT2D eigenvalue weighted by Gasteiger charge is -2.22. The van der Waals surface area contributed by atoms with Crippen LogP contribution in [0, 0.1) is 5.92 Å². The molecule has 0 amide bonds. The van der Waals surface area contributed by atoms with Gasteiger partial charge in [0.15, 0.2) is 10.8 Å². The molecule has 17 heavy (non-hydrogen) atoms. The quantitative estimate of drug-likeness (QED) is 0.880. The number of thiazole rings is 1. The van der Waals surface area contributed by atoms with Gasteiger partial charge in [0.05, 0.1) is 0 Å². The van der Waals surface area contributed by atoms with Crippen LogP contribution in [0.1, 0.15) is 17.4 Å². The van der Waals surface area contributed by atoms with Crippen molar-refractivity contribution in [3.63, 3.8) is 0 Å². The highest BCUT2D eigenvalue weighted by Gasteiger charge is 2.32. The van der Waals surface area contributed by atoms with Crippen LogP contribution in [0.5, 0.6) is 0 Å². The Balaban J connectivity index is 2.11. The van der Waals surface area contributed by atoms with Crippen molar-refractivity contribution in [1.82, 2.24) is 9.88 Å². The summed E-state index contributed by atoms with van der Waals surface area (Å²) in [5, 5.41) is 11.3. The van der Waals surface area contributed by atoms with Crippen LogP contribution < -0.4 is 4.90 Å². The Morgan fingerprint density at radius 3 is 2.76 bits per heavy atom. The summed E-state index contributed by atoms with van der Waals surface area (Å²) < 4.78 is 0. The van der Waals surface area contributed by atoms with Crippen molar-refractivity contribution in [3.05, 3.63) is 11.1 Å². The van der Waals surface area contributed by atoms with Crippen molar-refractivity contribution < 1.29 is 9.90 Å². The van der Waals surface area contributed by atoms with Crippen LogP contribution in [-0.2, 0) is 0 Å². The number of anilines is 1. The van der Waals surface area contributed by atoms with Crippen molar-refractivity contribution in [1.29, 1.82) is 0 Å². The molecule has 5 nitrogen and oxygen atoms in total. The molecule has 1 aromatic rings. The van der Waals surface area contributed by atoms with Crippen LogP contribution in [0.15, 0.2) is 5.38 Å². The number of aromatic carboxylic acids is 1. The molecule has 0 bridgehead atoms. The first-order chi connectivity index (χ1) is 7.99. The number of carbonyl (C=O) groups is 1. The molecule has 0 spiro atoms. The number of rotatable bonds is 3. The van der Waals surface area contributed by atoms with E-state index in [2.05, 4.69) is 35.8 Å². The van der Waals surface area contributed by atoms with Gasteiger partial charge in [0.2, 0.25) is 0 Å². The van der Waals surface area contributed by atoms with Gasteiger partial charge >= 0.3 is 5.97 Å². The zero-order valence-corrected chi connectivity index (χ0v) is 11.1. The smallest absolute Gasteiger partial charge is 0.355 e. The second-order valence-corrected chi connectivity index (χ2v) is 5.57. The maximum atomic E-state index is 10.8. The summed E-state index contributed by atoms with van der Waals surface area (Å²) in [7, 11) is 4.16. The van der Waals surface area contributed by atoms with E-state index in [0.29, 0.717) is 12.0 Å². The second kappa shape index (κ2) is 4.62. The summed E-state index contributed by atoms with van der Waals surface area (Å²) in [6.45, 7) is 4.08. The van der Waals surface area contributed by atoms with Crippen LogP contribution in [0.25, 0.3) is 0 Å². The average molecular weight is 255 g/mol. The fourth-order valence-electron chi connectivity index (χ4n) is 2.29. The number of aromatic nitrogens is 1. The summed E-state index contributed by atoms with van der Waals surface area (Å²) in [4.78, 5) is 19.3. The zero-order valence-electron chi connectivity index (χ0n) is 10.3. The third-order valence-electron chi connectivity index (χ3n) is 3.22. The topological polar surface area (TPSA) is 56.7 Å². The Morgan fingerprint density at radius 1 is 1.59 bits per heavy atom. The van der Waals surface area contributed by atoms with Crippen molar-refractivity contribution in [3.8, 4) is 0 Å². The Kier molecular flexibility index (Phi) is 3.35. The van der Waals surface area contributed by atoms with E-state index < -0.39 is 5.97 Å². The zero-order chi connectivity index (χ0) is 12.6.